The molecule has 0 aliphatic heterocycles. The van der Waals surface area contributed by atoms with Crippen LogP contribution in [0.5, 0.6) is 0 Å². The number of halogens is 1. The molecule has 1 rings (SSSR count). The molecular weight excluding hydrogens is 292 g/mol. The minimum absolute atomic E-state index is 0.0220. The first-order valence-electron chi connectivity index (χ1n) is 4.29. The zero-order valence-corrected chi connectivity index (χ0v) is 10.7. The lowest BCUT2D eigenvalue weighted by atomic mass is 10.2. The average molecular weight is 301 g/mol. The van der Waals surface area contributed by atoms with Crippen molar-refractivity contribution < 1.29 is 8.42 Å². The molecule has 16 heavy (non-hydrogen) atoms. The number of nitrogens with zero attached hydrogens (tertiary/aromatic N) is 1. The van der Waals surface area contributed by atoms with Crippen LogP contribution in [0.15, 0.2) is 40.2 Å². The normalized spacial score (nSPS) is 10.8. The summed E-state index contributed by atoms with van der Waals surface area (Å²) in [5.74, 6) is 0. The summed E-state index contributed by atoms with van der Waals surface area (Å²) < 4.78 is 26.4. The molecule has 0 heterocycles. The summed E-state index contributed by atoms with van der Waals surface area (Å²) in [6, 6.07) is 7.86. The molecule has 0 aromatic heterocycles. The van der Waals surface area contributed by atoms with E-state index in [2.05, 4.69) is 27.2 Å². The van der Waals surface area contributed by atoms with Crippen molar-refractivity contribution in [2.45, 2.75) is 4.90 Å². The van der Waals surface area contributed by atoms with E-state index in [4.69, 9.17) is 5.26 Å². The van der Waals surface area contributed by atoms with Crippen molar-refractivity contribution in [1.29, 1.82) is 5.26 Å². The highest BCUT2D eigenvalue weighted by atomic mass is 79.9. The smallest absolute Gasteiger partial charge is 0.207 e. The van der Waals surface area contributed by atoms with E-state index in [1.54, 1.807) is 12.1 Å². The predicted octanol–water partition coefficient (Wildman–Crippen LogP) is 1.75. The van der Waals surface area contributed by atoms with Crippen LogP contribution in [0.4, 0.5) is 0 Å². The van der Waals surface area contributed by atoms with Crippen LogP contribution >= 0.6 is 15.9 Å². The standard InChI is InChI=1S/C10H9BrN2O2S/c1-8(11)7-13-16(14,15)10-5-3-2-4-9(10)6-12/h2-5,13H,1,7H2. The Morgan fingerprint density at radius 3 is 2.69 bits per heavy atom. The Balaban J connectivity index is 3.08. The lowest BCUT2D eigenvalue weighted by Gasteiger charge is -2.06. The van der Waals surface area contributed by atoms with Crippen molar-refractivity contribution in [2.75, 3.05) is 6.54 Å². The maximum Gasteiger partial charge on any atom is 0.242 e. The van der Waals surface area contributed by atoms with Crippen LogP contribution in [-0.4, -0.2) is 15.0 Å². The summed E-state index contributed by atoms with van der Waals surface area (Å²) in [4.78, 5) is -0.0220. The fraction of sp³-hybridized carbons (Fsp3) is 0.100. The van der Waals surface area contributed by atoms with Crippen molar-refractivity contribution in [1.82, 2.24) is 4.72 Å². The number of benzene rings is 1. The summed E-state index contributed by atoms with van der Waals surface area (Å²) in [5, 5.41) is 8.79. The topological polar surface area (TPSA) is 70.0 Å². The van der Waals surface area contributed by atoms with E-state index < -0.39 is 10.0 Å². The third kappa shape index (κ3) is 3.17. The van der Waals surface area contributed by atoms with Crippen LogP contribution < -0.4 is 4.72 Å². The monoisotopic (exact) mass is 300 g/mol. The summed E-state index contributed by atoms with van der Waals surface area (Å²) in [6.07, 6.45) is 0. The van der Waals surface area contributed by atoms with Crippen LogP contribution in [0.2, 0.25) is 0 Å². The number of nitriles is 1. The Hall–Kier alpha value is -1.16. The fourth-order valence-corrected chi connectivity index (χ4v) is 2.55. The zero-order valence-electron chi connectivity index (χ0n) is 8.27. The first kappa shape index (κ1) is 12.9. The fourth-order valence-electron chi connectivity index (χ4n) is 1.04. The second-order valence-corrected chi connectivity index (χ2v) is 5.81. The maximum absolute atomic E-state index is 11.8. The molecule has 0 fully saturated rings. The molecule has 84 valence electrons. The van der Waals surface area contributed by atoms with Gasteiger partial charge in [-0.1, -0.05) is 34.6 Å². The number of sulfonamides is 1. The van der Waals surface area contributed by atoms with Crippen LogP contribution in [0.3, 0.4) is 0 Å². The third-order valence-corrected chi connectivity index (χ3v) is 3.49. The van der Waals surface area contributed by atoms with E-state index in [1.165, 1.54) is 12.1 Å². The van der Waals surface area contributed by atoms with Crippen LogP contribution in [0, 0.1) is 11.3 Å². The van der Waals surface area contributed by atoms with E-state index in [1.807, 2.05) is 6.07 Å². The van der Waals surface area contributed by atoms with Crippen molar-refractivity contribution >= 4 is 26.0 Å². The van der Waals surface area contributed by atoms with Crippen LogP contribution in [-0.2, 0) is 10.0 Å². The molecular formula is C10H9BrN2O2S. The quantitative estimate of drug-likeness (QED) is 0.921. The Bertz CT molecular complexity index is 546. The van der Waals surface area contributed by atoms with E-state index in [0.29, 0.717) is 4.48 Å². The molecule has 1 N–H and O–H groups in total. The van der Waals surface area contributed by atoms with Gasteiger partial charge in [0.25, 0.3) is 0 Å². The molecule has 0 amide bonds. The SMILES string of the molecule is C=C(Br)CNS(=O)(=O)c1ccccc1C#N. The first-order valence-corrected chi connectivity index (χ1v) is 6.57. The largest absolute Gasteiger partial charge is 0.242 e. The average Bonchev–Trinajstić information content (AvgIpc) is 2.26. The van der Waals surface area contributed by atoms with E-state index >= 15 is 0 Å². The molecule has 0 saturated heterocycles. The van der Waals surface area contributed by atoms with Crippen molar-refractivity contribution in [3.63, 3.8) is 0 Å². The van der Waals surface area contributed by atoms with Gasteiger partial charge in [0.05, 0.1) is 10.5 Å². The van der Waals surface area contributed by atoms with Crippen molar-refractivity contribution in [3.05, 3.63) is 40.9 Å². The van der Waals surface area contributed by atoms with Gasteiger partial charge in [0.15, 0.2) is 0 Å². The summed E-state index contributed by atoms with van der Waals surface area (Å²) >= 11 is 3.05. The van der Waals surface area contributed by atoms with Crippen LogP contribution in [0.25, 0.3) is 0 Å². The molecule has 0 bridgehead atoms. The lowest BCUT2D eigenvalue weighted by Crippen LogP contribution is -2.25. The molecule has 1 aromatic carbocycles. The lowest BCUT2D eigenvalue weighted by molar-refractivity contribution is 0.585. The molecule has 0 aliphatic rings. The number of hydrogen-bond acceptors (Lipinski definition) is 3. The maximum atomic E-state index is 11.8. The van der Waals surface area contributed by atoms with Gasteiger partial charge in [0, 0.05) is 11.0 Å². The summed E-state index contributed by atoms with van der Waals surface area (Å²) in [7, 11) is -3.66. The van der Waals surface area contributed by atoms with E-state index in [-0.39, 0.29) is 17.0 Å². The zero-order chi connectivity index (χ0) is 12.2. The second kappa shape index (κ2) is 5.25. The van der Waals surface area contributed by atoms with Gasteiger partial charge in [-0.05, 0) is 12.1 Å². The molecule has 1 aromatic rings. The Morgan fingerprint density at radius 1 is 1.50 bits per heavy atom. The van der Waals surface area contributed by atoms with Gasteiger partial charge in [-0.15, -0.1) is 0 Å². The number of hydrogen-bond donors (Lipinski definition) is 1. The van der Waals surface area contributed by atoms with Gasteiger partial charge >= 0.3 is 0 Å². The van der Waals surface area contributed by atoms with Crippen molar-refractivity contribution in [2.24, 2.45) is 0 Å². The second-order valence-electron chi connectivity index (χ2n) is 2.95. The highest BCUT2D eigenvalue weighted by Gasteiger charge is 2.17. The predicted molar refractivity (Wildman–Crippen MR) is 64.4 cm³/mol. The van der Waals surface area contributed by atoms with Gasteiger partial charge in [0.2, 0.25) is 10.0 Å². The van der Waals surface area contributed by atoms with Gasteiger partial charge in [-0.25, -0.2) is 13.1 Å². The molecule has 0 aliphatic carbocycles. The molecule has 4 nitrogen and oxygen atoms in total. The third-order valence-electron chi connectivity index (χ3n) is 1.75. The minimum Gasteiger partial charge on any atom is -0.207 e. The Kier molecular flexibility index (Phi) is 4.24. The first-order chi connectivity index (χ1) is 7.47. The van der Waals surface area contributed by atoms with Gasteiger partial charge < -0.3 is 0 Å². The Labute approximate surface area is 103 Å². The van der Waals surface area contributed by atoms with Gasteiger partial charge in [0.1, 0.15) is 6.07 Å². The van der Waals surface area contributed by atoms with Gasteiger partial charge in [-0.2, -0.15) is 5.26 Å². The highest BCUT2D eigenvalue weighted by molar-refractivity contribution is 9.11. The molecule has 0 atom stereocenters. The highest BCUT2D eigenvalue weighted by Crippen LogP contribution is 2.14. The van der Waals surface area contributed by atoms with Gasteiger partial charge in [-0.3, -0.25) is 0 Å². The summed E-state index contributed by atoms with van der Waals surface area (Å²) in [6.45, 7) is 3.60. The molecule has 0 unspecified atom stereocenters. The molecule has 0 radical (unpaired) electrons. The number of nitrogens with one attached hydrogen (secondary N) is 1. The van der Waals surface area contributed by atoms with E-state index in [0.717, 1.165) is 0 Å². The molecule has 6 heteroatoms. The van der Waals surface area contributed by atoms with Crippen molar-refractivity contribution in [3.8, 4) is 6.07 Å². The van der Waals surface area contributed by atoms with E-state index in [9.17, 15) is 8.42 Å². The molecule has 0 saturated carbocycles. The minimum atomic E-state index is -3.66. The summed E-state index contributed by atoms with van der Waals surface area (Å²) in [5.41, 5.74) is 0.121. The number of rotatable bonds is 4. The molecule has 0 spiro atoms. The van der Waals surface area contributed by atoms with Crippen LogP contribution in [0.1, 0.15) is 5.56 Å². The Morgan fingerprint density at radius 2 is 2.12 bits per heavy atom.